The van der Waals surface area contributed by atoms with E-state index in [-0.39, 0.29) is 11.6 Å². The summed E-state index contributed by atoms with van der Waals surface area (Å²) in [6.45, 7) is 8.46. The predicted molar refractivity (Wildman–Crippen MR) is 116 cm³/mol. The van der Waals surface area contributed by atoms with E-state index >= 15 is 0 Å². The molecule has 4 rings (SSSR count). The summed E-state index contributed by atoms with van der Waals surface area (Å²) >= 11 is 0. The Morgan fingerprint density at radius 1 is 1.15 bits per heavy atom. The van der Waals surface area contributed by atoms with Crippen molar-refractivity contribution in [3.05, 3.63) is 53.2 Å². The Hall–Kier alpha value is -3.43. The van der Waals surface area contributed by atoms with Crippen molar-refractivity contribution >= 4 is 11.6 Å². The number of ether oxygens (including phenoxy) is 1. The lowest BCUT2D eigenvalue weighted by molar-refractivity contribution is -0.142. The van der Waals surface area contributed by atoms with E-state index in [1.807, 2.05) is 46.8 Å². The number of halogens is 3. The molecule has 3 aromatic heterocycles. The van der Waals surface area contributed by atoms with E-state index in [4.69, 9.17) is 9.72 Å². The van der Waals surface area contributed by atoms with E-state index in [1.165, 1.54) is 17.3 Å². The monoisotopic (exact) mass is 459 g/mol. The highest BCUT2D eigenvalue weighted by Crippen LogP contribution is 2.43. The quantitative estimate of drug-likeness (QED) is 0.547. The molecule has 1 aliphatic heterocycles. The number of aryl methyl sites for hydroxylation is 2. The van der Waals surface area contributed by atoms with Crippen LogP contribution >= 0.6 is 0 Å². The second-order valence-corrected chi connectivity index (χ2v) is 8.50. The summed E-state index contributed by atoms with van der Waals surface area (Å²) in [5.41, 5.74) is 3.23. The van der Waals surface area contributed by atoms with Crippen LogP contribution in [0.15, 0.2) is 30.7 Å². The molecule has 7 nitrogen and oxygen atoms in total. The molecule has 33 heavy (non-hydrogen) atoms. The molecule has 0 spiro atoms. The van der Waals surface area contributed by atoms with Crippen LogP contribution in [0, 0.1) is 13.8 Å². The van der Waals surface area contributed by atoms with Crippen molar-refractivity contribution in [3.8, 4) is 17.0 Å². The van der Waals surface area contributed by atoms with Crippen molar-refractivity contribution < 1.29 is 22.7 Å². The van der Waals surface area contributed by atoms with Crippen LogP contribution in [0.1, 0.15) is 48.1 Å². The van der Waals surface area contributed by atoms with Gasteiger partial charge in [0.2, 0.25) is 0 Å². The number of fused-ring (bicyclic) bond motifs is 1. The lowest BCUT2D eigenvalue weighted by Gasteiger charge is -2.30. The van der Waals surface area contributed by atoms with Gasteiger partial charge in [-0.05, 0) is 52.3 Å². The first-order valence-electron chi connectivity index (χ1n) is 10.5. The Balaban J connectivity index is 1.76. The molecule has 0 bridgehead atoms. The number of carbonyl (C=O) groups excluding carboxylic acids is 1. The molecule has 0 saturated carbocycles. The van der Waals surface area contributed by atoms with Crippen LogP contribution < -0.4 is 9.64 Å². The maximum Gasteiger partial charge on any atom is 0.408 e. The zero-order chi connectivity index (χ0) is 24.1. The second kappa shape index (κ2) is 7.86. The third-order valence-electron chi connectivity index (χ3n) is 5.63. The maximum atomic E-state index is 13.4. The molecule has 10 heteroatoms. The average molecular weight is 459 g/mol. The fraction of sp³-hybridized carbons (Fsp3) is 0.391. The number of anilines is 1. The molecule has 0 saturated heterocycles. The lowest BCUT2D eigenvalue weighted by Crippen LogP contribution is -2.39. The van der Waals surface area contributed by atoms with Gasteiger partial charge in [0, 0.05) is 18.0 Å². The van der Waals surface area contributed by atoms with Gasteiger partial charge in [-0.2, -0.15) is 18.3 Å². The predicted octanol–water partition coefficient (Wildman–Crippen LogP) is 4.81. The number of rotatable bonds is 5. The standard InChI is InChI=1S/C23H24F3N5O2/c1-6-33-18-8-15(9-27-14(18)3)17-7-13(2)19-20(29-17)22(4,5)31(21(19)32)16-10-28-30(11-16)12-23(24,25)26/h7-11H,6,12H2,1-5H3. The van der Waals surface area contributed by atoms with Gasteiger partial charge < -0.3 is 4.74 Å². The molecule has 0 radical (unpaired) electrons. The second-order valence-electron chi connectivity index (χ2n) is 8.50. The smallest absolute Gasteiger partial charge is 0.408 e. The van der Waals surface area contributed by atoms with Crippen LogP contribution in [0.25, 0.3) is 11.3 Å². The first-order chi connectivity index (χ1) is 15.4. The van der Waals surface area contributed by atoms with Crippen molar-refractivity contribution in [1.82, 2.24) is 19.7 Å². The van der Waals surface area contributed by atoms with E-state index in [9.17, 15) is 18.0 Å². The van der Waals surface area contributed by atoms with Gasteiger partial charge in [0.15, 0.2) is 0 Å². The van der Waals surface area contributed by atoms with Crippen molar-refractivity contribution in [3.63, 3.8) is 0 Å². The van der Waals surface area contributed by atoms with Crippen LogP contribution in [0.5, 0.6) is 5.75 Å². The highest BCUT2D eigenvalue weighted by atomic mass is 19.4. The number of amides is 1. The Labute approximate surface area is 189 Å². The van der Waals surface area contributed by atoms with Crippen molar-refractivity contribution in [2.75, 3.05) is 11.5 Å². The molecule has 1 amide bonds. The van der Waals surface area contributed by atoms with E-state index in [0.717, 1.165) is 21.5 Å². The van der Waals surface area contributed by atoms with Gasteiger partial charge in [-0.1, -0.05) is 0 Å². The van der Waals surface area contributed by atoms with Crippen LogP contribution in [-0.4, -0.2) is 38.4 Å². The summed E-state index contributed by atoms with van der Waals surface area (Å²) in [4.78, 5) is 24.0. The Morgan fingerprint density at radius 3 is 2.55 bits per heavy atom. The van der Waals surface area contributed by atoms with Crippen LogP contribution in [0.4, 0.5) is 18.9 Å². The largest absolute Gasteiger partial charge is 0.492 e. The zero-order valence-electron chi connectivity index (χ0n) is 19.0. The minimum absolute atomic E-state index is 0.281. The number of hydrogen-bond donors (Lipinski definition) is 0. The number of hydrogen-bond acceptors (Lipinski definition) is 5. The van der Waals surface area contributed by atoms with E-state index in [2.05, 4.69) is 10.1 Å². The molecule has 0 aliphatic carbocycles. The fourth-order valence-corrected chi connectivity index (χ4v) is 4.14. The average Bonchev–Trinajstić information content (AvgIpc) is 3.22. The van der Waals surface area contributed by atoms with Gasteiger partial charge in [0.05, 0.1) is 46.7 Å². The SMILES string of the molecule is CCOc1cc(-c2cc(C)c3c(n2)C(C)(C)N(c2cnn(CC(F)(F)F)c2)C3=O)cnc1C. The van der Waals surface area contributed by atoms with Crippen LogP contribution in [-0.2, 0) is 12.1 Å². The molecule has 0 N–H and O–H groups in total. The molecule has 0 atom stereocenters. The molecule has 174 valence electrons. The molecule has 3 aromatic rings. The summed E-state index contributed by atoms with van der Waals surface area (Å²) in [5, 5.41) is 3.79. The van der Waals surface area contributed by atoms with Gasteiger partial charge in [0.25, 0.3) is 5.91 Å². The molecule has 1 aliphatic rings. The number of carbonyl (C=O) groups is 1. The molecule has 4 heterocycles. The Kier molecular flexibility index (Phi) is 5.42. The van der Waals surface area contributed by atoms with E-state index in [0.29, 0.717) is 29.3 Å². The summed E-state index contributed by atoms with van der Waals surface area (Å²) in [6.07, 6.45) is -0.208. The van der Waals surface area contributed by atoms with Crippen molar-refractivity contribution in [2.45, 2.75) is 52.9 Å². The number of pyridine rings is 2. The zero-order valence-corrected chi connectivity index (χ0v) is 19.0. The van der Waals surface area contributed by atoms with Crippen molar-refractivity contribution in [2.24, 2.45) is 0 Å². The topological polar surface area (TPSA) is 73.1 Å². The summed E-state index contributed by atoms with van der Waals surface area (Å²) in [5.74, 6) is 0.333. The summed E-state index contributed by atoms with van der Waals surface area (Å²) in [7, 11) is 0. The summed E-state index contributed by atoms with van der Waals surface area (Å²) < 4.78 is 44.7. The van der Waals surface area contributed by atoms with Crippen LogP contribution in [0.2, 0.25) is 0 Å². The highest BCUT2D eigenvalue weighted by molar-refractivity contribution is 6.12. The normalized spacial score (nSPS) is 15.2. The summed E-state index contributed by atoms with van der Waals surface area (Å²) in [6, 6.07) is 3.67. The van der Waals surface area contributed by atoms with E-state index < -0.39 is 18.3 Å². The lowest BCUT2D eigenvalue weighted by atomic mass is 9.96. The first kappa shape index (κ1) is 22.8. The fourth-order valence-electron chi connectivity index (χ4n) is 4.14. The van der Waals surface area contributed by atoms with Gasteiger partial charge in [0.1, 0.15) is 12.3 Å². The first-order valence-corrected chi connectivity index (χ1v) is 10.5. The molecule has 0 aromatic carbocycles. The van der Waals surface area contributed by atoms with Gasteiger partial charge in [-0.3, -0.25) is 19.4 Å². The van der Waals surface area contributed by atoms with Crippen molar-refractivity contribution in [1.29, 1.82) is 0 Å². The third-order valence-corrected chi connectivity index (χ3v) is 5.63. The Morgan fingerprint density at radius 2 is 1.88 bits per heavy atom. The van der Waals surface area contributed by atoms with Gasteiger partial charge in [-0.15, -0.1) is 0 Å². The molecule has 0 fully saturated rings. The number of nitrogens with zero attached hydrogens (tertiary/aromatic N) is 5. The van der Waals surface area contributed by atoms with E-state index in [1.54, 1.807) is 6.20 Å². The molecular formula is C23H24F3N5O2. The minimum Gasteiger partial charge on any atom is -0.492 e. The maximum absolute atomic E-state index is 13.4. The highest BCUT2D eigenvalue weighted by Gasteiger charge is 2.47. The van der Waals surface area contributed by atoms with Crippen LogP contribution in [0.3, 0.4) is 0 Å². The van der Waals surface area contributed by atoms with Gasteiger partial charge >= 0.3 is 6.18 Å². The minimum atomic E-state index is -4.41. The third kappa shape index (κ3) is 4.05. The number of aromatic nitrogens is 4. The van der Waals surface area contributed by atoms with Gasteiger partial charge in [-0.25, -0.2) is 4.98 Å². The molecule has 0 unspecified atom stereocenters. The molecular weight excluding hydrogens is 435 g/mol. The Bertz CT molecular complexity index is 1230. The number of alkyl halides is 3.